The molecule has 1 aliphatic heterocycles. The first-order valence-corrected chi connectivity index (χ1v) is 7.97. The van der Waals surface area contributed by atoms with Crippen molar-refractivity contribution in [1.82, 2.24) is 4.90 Å². The summed E-state index contributed by atoms with van der Waals surface area (Å²) < 4.78 is 9.50. The molecule has 3 heteroatoms. The van der Waals surface area contributed by atoms with Gasteiger partial charge in [0, 0.05) is 11.0 Å². The Labute approximate surface area is 130 Å². The molecule has 0 unspecified atom stereocenters. The number of alkyl halides is 1. The van der Waals surface area contributed by atoms with E-state index in [9.17, 15) is 9.50 Å². The molecule has 21 heavy (non-hydrogen) atoms. The third kappa shape index (κ3) is 4.44. The second-order valence-electron chi connectivity index (χ2n) is 5.34. The van der Waals surface area contributed by atoms with Crippen molar-refractivity contribution in [2.45, 2.75) is 46.5 Å². The van der Waals surface area contributed by atoms with Gasteiger partial charge in [0.25, 0.3) is 0 Å². The first kappa shape index (κ1) is 19.9. The maximum atomic E-state index is 10.1. The van der Waals surface area contributed by atoms with Gasteiger partial charge >= 0.3 is 0 Å². The van der Waals surface area contributed by atoms with Crippen LogP contribution >= 0.6 is 0 Å². The van der Waals surface area contributed by atoms with Crippen LogP contribution in [0, 0.1) is 5.41 Å². The Hall–Kier alpha value is -1.09. The molecule has 0 amide bonds. The van der Waals surface area contributed by atoms with Crippen LogP contribution in [0.15, 0.2) is 35.6 Å². The van der Waals surface area contributed by atoms with Gasteiger partial charge in [-0.3, -0.25) is 4.39 Å². The smallest absolute Gasteiger partial charge is 0.119 e. The van der Waals surface area contributed by atoms with E-state index >= 15 is 0 Å². The average molecular weight is 297 g/mol. The molecule has 0 atom stereocenters. The zero-order valence-electron chi connectivity index (χ0n) is 14.4. The van der Waals surface area contributed by atoms with Gasteiger partial charge in [0.15, 0.2) is 0 Å². The van der Waals surface area contributed by atoms with E-state index in [0.29, 0.717) is 12.9 Å². The molecule has 0 saturated carbocycles. The fourth-order valence-corrected chi connectivity index (χ4v) is 3.17. The van der Waals surface area contributed by atoms with E-state index < -0.39 is 0 Å². The van der Waals surface area contributed by atoms with Gasteiger partial charge in [0.1, 0.15) is 5.76 Å². The van der Waals surface area contributed by atoms with Gasteiger partial charge in [-0.15, -0.1) is 0 Å². The fourth-order valence-electron chi connectivity index (χ4n) is 3.17. The normalized spacial score (nSPS) is 20.2. The second-order valence-corrected chi connectivity index (χ2v) is 5.34. The van der Waals surface area contributed by atoms with Crippen LogP contribution in [0.1, 0.15) is 46.5 Å². The van der Waals surface area contributed by atoms with Crippen molar-refractivity contribution in [3.05, 3.63) is 35.6 Å². The van der Waals surface area contributed by atoms with Crippen LogP contribution in [0.25, 0.3) is 0 Å². The Kier molecular flexibility index (Phi) is 9.27. The van der Waals surface area contributed by atoms with Gasteiger partial charge < -0.3 is 10.0 Å². The van der Waals surface area contributed by atoms with Gasteiger partial charge in [0.05, 0.1) is 7.18 Å². The molecule has 0 radical (unpaired) electrons. The summed E-state index contributed by atoms with van der Waals surface area (Å²) in [7, 11) is 2.67. The van der Waals surface area contributed by atoms with E-state index in [1.165, 1.54) is 5.57 Å². The molecule has 122 valence electrons. The summed E-state index contributed by atoms with van der Waals surface area (Å²) in [5.41, 5.74) is 2.54. The average Bonchev–Trinajstić information content (AvgIpc) is 2.78. The number of likely N-dealkylation sites (tertiary alicyclic amines) is 1. The van der Waals surface area contributed by atoms with E-state index in [1.807, 2.05) is 19.9 Å². The number of nitrogens with zero attached hydrogens (tertiary/aromatic N) is 1. The minimum Gasteiger partial charge on any atom is -0.508 e. The Morgan fingerprint density at radius 1 is 1.33 bits per heavy atom. The van der Waals surface area contributed by atoms with E-state index in [1.54, 1.807) is 0 Å². The maximum absolute atomic E-state index is 10.1. The van der Waals surface area contributed by atoms with Gasteiger partial charge in [0.2, 0.25) is 0 Å². The summed E-state index contributed by atoms with van der Waals surface area (Å²) in [4.78, 5) is 2.37. The zero-order chi connectivity index (χ0) is 16.5. The molecule has 2 nitrogen and oxygen atoms in total. The van der Waals surface area contributed by atoms with Crippen LogP contribution in [0.5, 0.6) is 0 Å². The van der Waals surface area contributed by atoms with Crippen molar-refractivity contribution in [3.63, 3.8) is 0 Å². The molecule has 0 bridgehead atoms. The number of allylic oxidation sites excluding steroid dienone is 3. The zero-order valence-corrected chi connectivity index (χ0v) is 14.4. The van der Waals surface area contributed by atoms with Crippen molar-refractivity contribution in [1.29, 1.82) is 0 Å². The molecule has 1 N–H and O–H groups in total. The van der Waals surface area contributed by atoms with E-state index in [0.717, 1.165) is 44.3 Å². The van der Waals surface area contributed by atoms with Crippen molar-refractivity contribution < 1.29 is 9.50 Å². The lowest BCUT2D eigenvalue weighted by atomic mass is 9.72. The van der Waals surface area contributed by atoms with Gasteiger partial charge in [-0.1, -0.05) is 39.8 Å². The molecule has 1 aliphatic carbocycles. The van der Waals surface area contributed by atoms with E-state index in [4.69, 9.17) is 0 Å². The lowest BCUT2D eigenvalue weighted by molar-refractivity contribution is 0.190. The standard InChI is InChI=1S/C15H23NO.C2H6.CH3F/c1-4-6-13-12(5-2)14(17)11-15(13)7-9-16(3)10-8-15;2*1-2/h5,11,17H,2,4,6-10H2,1,3H3;1-2H3;1H3. The van der Waals surface area contributed by atoms with Gasteiger partial charge in [-0.25, -0.2) is 0 Å². The predicted molar refractivity (Wildman–Crippen MR) is 90.4 cm³/mol. The number of hydrogen-bond acceptors (Lipinski definition) is 2. The van der Waals surface area contributed by atoms with Crippen molar-refractivity contribution >= 4 is 0 Å². The van der Waals surface area contributed by atoms with Crippen molar-refractivity contribution in [2.75, 3.05) is 27.3 Å². The Morgan fingerprint density at radius 2 is 1.86 bits per heavy atom. The quantitative estimate of drug-likeness (QED) is 0.788. The number of rotatable bonds is 3. The summed E-state index contributed by atoms with van der Waals surface area (Å²) in [6.45, 7) is 12.3. The predicted octanol–water partition coefficient (Wildman–Crippen LogP) is 5.05. The minimum atomic E-state index is 0.121. The minimum absolute atomic E-state index is 0.121. The highest BCUT2D eigenvalue weighted by atomic mass is 19.1. The topological polar surface area (TPSA) is 23.5 Å². The summed E-state index contributed by atoms with van der Waals surface area (Å²) in [5.74, 6) is 0.452. The SMILES string of the molecule is C=CC1=C(CCC)C2(C=C1O)CCN(C)CC2.CC.CF. The summed E-state index contributed by atoms with van der Waals surface area (Å²) in [6, 6.07) is 0. The van der Waals surface area contributed by atoms with Crippen LogP contribution < -0.4 is 0 Å². The van der Waals surface area contributed by atoms with Gasteiger partial charge in [-0.05, 0) is 51.0 Å². The first-order chi connectivity index (χ1) is 10.1. The van der Waals surface area contributed by atoms with E-state index in [2.05, 4.69) is 31.5 Å². The van der Waals surface area contributed by atoms with Crippen LogP contribution in [-0.4, -0.2) is 37.3 Å². The Balaban J connectivity index is 0.000000921. The number of piperidine rings is 1. The van der Waals surface area contributed by atoms with Gasteiger partial charge in [-0.2, -0.15) is 0 Å². The molecule has 0 aromatic rings. The Morgan fingerprint density at radius 3 is 2.29 bits per heavy atom. The number of aliphatic hydroxyl groups excluding tert-OH is 1. The molecule has 2 rings (SSSR count). The number of hydrogen-bond donors (Lipinski definition) is 1. The molecule has 0 aromatic heterocycles. The molecule has 1 saturated heterocycles. The summed E-state index contributed by atoms with van der Waals surface area (Å²) in [5, 5.41) is 10.1. The Bertz CT molecular complexity index is 377. The summed E-state index contributed by atoms with van der Waals surface area (Å²) >= 11 is 0. The fraction of sp³-hybridized carbons (Fsp3) is 0.667. The lowest BCUT2D eigenvalue weighted by Gasteiger charge is -2.39. The molecule has 0 aromatic carbocycles. The van der Waals surface area contributed by atoms with Crippen LogP contribution in [0.2, 0.25) is 0 Å². The third-order valence-electron chi connectivity index (χ3n) is 4.20. The van der Waals surface area contributed by atoms with E-state index in [-0.39, 0.29) is 5.41 Å². The number of halogens is 1. The first-order valence-electron chi connectivity index (χ1n) is 7.97. The molecular formula is C18H32FNO. The maximum Gasteiger partial charge on any atom is 0.119 e. The van der Waals surface area contributed by atoms with Crippen molar-refractivity contribution in [3.8, 4) is 0 Å². The van der Waals surface area contributed by atoms with Crippen LogP contribution in [0.3, 0.4) is 0 Å². The van der Waals surface area contributed by atoms with Crippen LogP contribution in [-0.2, 0) is 0 Å². The highest BCUT2D eigenvalue weighted by Crippen LogP contribution is 2.49. The molecular weight excluding hydrogens is 265 g/mol. The van der Waals surface area contributed by atoms with Crippen molar-refractivity contribution in [2.24, 2.45) is 5.41 Å². The second kappa shape index (κ2) is 9.78. The summed E-state index contributed by atoms with van der Waals surface area (Å²) in [6.07, 6.45) is 8.36. The lowest BCUT2D eigenvalue weighted by Crippen LogP contribution is -2.37. The molecule has 1 spiro atoms. The number of aliphatic hydroxyl groups is 1. The molecule has 1 heterocycles. The highest BCUT2D eigenvalue weighted by Gasteiger charge is 2.40. The molecule has 2 aliphatic rings. The highest BCUT2D eigenvalue weighted by molar-refractivity contribution is 5.50. The monoisotopic (exact) mass is 297 g/mol. The third-order valence-corrected chi connectivity index (χ3v) is 4.20. The molecule has 1 fully saturated rings. The van der Waals surface area contributed by atoms with Crippen LogP contribution in [0.4, 0.5) is 4.39 Å². The largest absolute Gasteiger partial charge is 0.508 e.